The third kappa shape index (κ3) is 2.40. The van der Waals surface area contributed by atoms with Crippen molar-refractivity contribution in [1.29, 1.82) is 0 Å². The summed E-state index contributed by atoms with van der Waals surface area (Å²) < 4.78 is 2.16. The first-order valence-corrected chi connectivity index (χ1v) is 6.73. The van der Waals surface area contributed by atoms with Crippen LogP contribution in [0.5, 0.6) is 0 Å². The molecule has 2 nitrogen and oxygen atoms in total. The molecule has 0 aliphatic rings. The molecule has 0 aliphatic carbocycles. The Morgan fingerprint density at radius 1 is 1.33 bits per heavy atom. The van der Waals surface area contributed by atoms with Crippen molar-refractivity contribution in [3.8, 4) is 0 Å². The summed E-state index contributed by atoms with van der Waals surface area (Å²) in [6.07, 6.45) is 3.35. The molecule has 0 saturated carbocycles. The van der Waals surface area contributed by atoms with E-state index in [0.29, 0.717) is 0 Å². The molecule has 0 saturated heterocycles. The van der Waals surface area contributed by atoms with Crippen LogP contribution in [0.15, 0.2) is 24.4 Å². The third-order valence-electron chi connectivity index (χ3n) is 3.68. The Labute approximate surface area is 114 Å². The molecular weight excluding hydrogens is 244 g/mol. The fourth-order valence-electron chi connectivity index (χ4n) is 2.47. The van der Waals surface area contributed by atoms with Gasteiger partial charge in [0.15, 0.2) is 0 Å². The van der Waals surface area contributed by atoms with Crippen LogP contribution in [-0.2, 0) is 12.5 Å². The number of hydrogen-bond donors (Lipinski definition) is 1. The average Bonchev–Trinajstić information content (AvgIpc) is 2.65. The molecule has 18 heavy (non-hydrogen) atoms. The first kappa shape index (κ1) is 13.4. The molecule has 1 aromatic heterocycles. The van der Waals surface area contributed by atoms with Crippen LogP contribution in [0.4, 0.5) is 0 Å². The summed E-state index contributed by atoms with van der Waals surface area (Å²) in [6, 6.07) is 6.14. The van der Waals surface area contributed by atoms with Gasteiger partial charge in [-0.3, -0.25) is 0 Å². The highest BCUT2D eigenvalue weighted by Crippen LogP contribution is 2.34. The number of aryl methyl sites for hydroxylation is 1. The van der Waals surface area contributed by atoms with Gasteiger partial charge in [-0.25, -0.2) is 0 Å². The summed E-state index contributed by atoms with van der Waals surface area (Å²) in [7, 11) is 4.08. The van der Waals surface area contributed by atoms with Crippen LogP contribution in [0.3, 0.4) is 0 Å². The lowest BCUT2D eigenvalue weighted by atomic mass is 9.81. The number of nitrogens with zero attached hydrogens (tertiary/aromatic N) is 1. The van der Waals surface area contributed by atoms with Crippen LogP contribution in [0.25, 0.3) is 10.9 Å². The van der Waals surface area contributed by atoms with Gasteiger partial charge < -0.3 is 9.88 Å². The van der Waals surface area contributed by atoms with Gasteiger partial charge in [-0.1, -0.05) is 31.5 Å². The number of fused-ring (bicyclic) bond motifs is 1. The maximum absolute atomic E-state index is 6.07. The Balaban J connectivity index is 2.51. The molecule has 0 fully saturated rings. The van der Waals surface area contributed by atoms with Gasteiger partial charge in [-0.2, -0.15) is 0 Å². The maximum Gasteiger partial charge on any atom is 0.0495 e. The molecule has 98 valence electrons. The minimum atomic E-state index is 0.163. The summed E-state index contributed by atoms with van der Waals surface area (Å²) in [4.78, 5) is 0. The van der Waals surface area contributed by atoms with Gasteiger partial charge in [0.25, 0.3) is 0 Å². The molecule has 2 rings (SSSR count). The zero-order valence-corrected chi connectivity index (χ0v) is 12.3. The number of rotatable bonds is 4. The Morgan fingerprint density at radius 2 is 2.06 bits per heavy atom. The minimum absolute atomic E-state index is 0.163. The molecule has 0 bridgehead atoms. The molecule has 0 aliphatic heterocycles. The van der Waals surface area contributed by atoms with Crippen LogP contribution in [0.2, 0.25) is 5.02 Å². The lowest BCUT2D eigenvalue weighted by Gasteiger charge is -2.24. The van der Waals surface area contributed by atoms with Gasteiger partial charge in [0.1, 0.15) is 0 Å². The van der Waals surface area contributed by atoms with Crippen molar-refractivity contribution in [3.05, 3.63) is 35.0 Å². The van der Waals surface area contributed by atoms with Crippen LogP contribution in [0.1, 0.15) is 25.8 Å². The monoisotopic (exact) mass is 264 g/mol. The Bertz CT molecular complexity index is 555. The summed E-state index contributed by atoms with van der Waals surface area (Å²) in [6.45, 7) is 5.62. The van der Waals surface area contributed by atoms with Gasteiger partial charge in [-0.05, 0) is 43.1 Å². The van der Waals surface area contributed by atoms with Gasteiger partial charge in [0.2, 0.25) is 0 Å². The highest BCUT2D eigenvalue weighted by Gasteiger charge is 2.24. The lowest BCUT2D eigenvalue weighted by Crippen LogP contribution is -2.23. The Hall–Kier alpha value is -0.990. The molecule has 3 heteroatoms. The molecule has 0 radical (unpaired) electrons. The topological polar surface area (TPSA) is 17.0 Å². The molecule has 1 aromatic carbocycles. The second-order valence-corrected chi connectivity index (χ2v) is 5.99. The number of aromatic nitrogens is 1. The van der Waals surface area contributed by atoms with E-state index in [1.807, 2.05) is 19.2 Å². The fraction of sp³-hybridized carbons (Fsp3) is 0.467. The smallest absolute Gasteiger partial charge is 0.0495 e. The Kier molecular flexibility index (Phi) is 3.69. The first-order chi connectivity index (χ1) is 8.45. The normalized spacial score (nSPS) is 12.3. The highest BCUT2D eigenvalue weighted by atomic mass is 35.5. The van der Waals surface area contributed by atoms with Crippen LogP contribution >= 0.6 is 11.6 Å². The van der Waals surface area contributed by atoms with E-state index in [4.69, 9.17) is 11.6 Å². The largest absolute Gasteiger partial charge is 0.350 e. The summed E-state index contributed by atoms with van der Waals surface area (Å²) in [5.41, 5.74) is 2.76. The Morgan fingerprint density at radius 3 is 2.72 bits per heavy atom. The molecular formula is C15H21ClN2. The quantitative estimate of drug-likeness (QED) is 0.891. The van der Waals surface area contributed by atoms with Crippen molar-refractivity contribution < 1.29 is 0 Å². The highest BCUT2D eigenvalue weighted by molar-refractivity contribution is 6.31. The van der Waals surface area contributed by atoms with E-state index in [1.165, 1.54) is 16.5 Å². The van der Waals surface area contributed by atoms with E-state index >= 15 is 0 Å². The van der Waals surface area contributed by atoms with Crippen molar-refractivity contribution in [2.75, 3.05) is 13.6 Å². The summed E-state index contributed by atoms with van der Waals surface area (Å²) in [5, 5.41) is 5.33. The van der Waals surface area contributed by atoms with Gasteiger partial charge >= 0.3 is 0 Å². The first-order valence-electron chi connectivity index (χ1n) is 6.35. The van der Waals surface area contributed by atoms with Gasteiger partial charge in [-0.15, -0.1) is 0 Å². The molecule has 0 amide bonds. The molecule has 0 atom stereocenters. The van der Waals surface area contributed by atoms with Crippen molar-refractivity contribution in [2.24, 2.45) is 7.05 Å². The van der Waals surface area contributed by atoms with E-state index in [2.05, 4.69) is 43.0 Å². The SMILES string of the molecule is CNCCC(C)(C)c1cn(C)c2cc(Cl)ccc12. The average molecular weight is 265 g/mol. The van der Waals surface area contributed by atoms with E-state index < -0.39 is 0 Å². The number of hydrogen-bond acceptors (Lipinski definition) is 1. The molecule has 2 aromatic rings. The van der Waals surface area contributed by atoms with Crippen molar-refractivity contribution >= 4 is 22.5 Å². The minimum Gasteiger partial charge on any atom is -0.350 e. The number of halogens is 1. The fourth-order valence-corrected chi connectivity index (χ4v) is 2.63. The van der Waals surface area contributed by atoms with E-state index in [0.717, 1.165) is 18.0 Å². The van der Waals surface area contributed by atoms with Crippen LogP contribution in [0, 0.1) is 0 Å². The van der Waals surface area contributed by atoms with Gasteiger partial charge in [0, 0.05) is 29.2 Å². The summed E-state index contributed by atoms with van der Waals surface area (Å²) >= 11 is 6.07. The van der Waals surface area contributed by atoms with Crippen molar-refractivity contribution in [3.63, 3.8) is 0 Å². The molecule has 0 unspecified atom stereocenters. The molecule has 1 N–H and O–H groups in total. The van der Waals surface area contributed by atoms with E-state index in [9.17, 15) is 0 Å². The molecule has 1 heterocycles. The van der Waals surface area contributed by atoms with Crippen LogP contribution in [-0.4, -0.2) is 18.2 Å². The second kappa shape index (κ2) is 4.94. The predicted molar refractivity (Wildman–Crippen MR) is 79.5 cm³/mol. The van der Waals surface area contributed by atoms with E-state index in [-0.39, 0.29) is 5.41 Å². The standard InChI is InChI=1S/C15H21ClN2/c1-15(2,7-8-17-3)13-10-18(4)14-9-11(16)5-6-12(13)14/h5-6,9-10,17H,7-8H2,1-4H3. The molecule has 0 spiro atoms. The van der Waals surface area contributed by atoms with Crippen LogP contribution < -0.4 is 5.32 Å². The third-order valence-corrected chi connectivity index (χ3v) is 3.92. The zero-order chi connectivity index (χ0) is 13.3. The van der Waals surface area contributed by atoms with Crippen molar-refractivity contribution in [2.45, 2.75) is 25.7 Å². The number of nitrogens with one attached hydrogen (secondary N) is 1. The predicted octanol–water partition coefficient (Wildman–Crippen LogP) is 3.72. The second-order valence-electron chi connectivity index (χ2n) is 5.55. The summed E-state index contributed by atoms with van der Waals surface area (Å²) in [5.74, 6) is 0. The lowest BCUT2D eigenvalue weighted by molar-refractivity contribution is 0.471. The van der Waals surface area contributed by atoms with E-state index in [1.54, 1.807) is 0 Å². The zero-order valence-electron chi connectivity index (χ0n) is 11.5. The van der Waals surface area contributed by atoms with Gasteiger partial charge in [0.05, 0.1) is 0 Å². The van der Waals surface area contributed by atoms with Crippen molar-refractivity contribution in [1.82, 2.24) is 9.88 Å². The number of benzene rings is 1. The maximum atomic E-state index is 6.07.